The summed E-state index contributed by atoms with van der Waals surface area (Å²) in [6.45, 7) is 0.882. The van der Waals surface area contributed by atoms with Crippen molar-refractivity contribution in [1.82, 2.24) is 5.32 Å². The highest BCUT2D eigenvalue weighted by atomic mass is 79.9. The fraction of sp³-hybridized carbons (Fsp3) is 0.294. The predicted molar refractivity (Wildman–Crippen MR) is 88.5 cm³/mol. The molecule has 0 saturated heterocycles. The Kier molecular flexibility index (Phi) is 4.27. The molecule has 0 amide bonds. The van der Waals surface area contributed by atoms with Gasteiger partial charge in [0.05, 0.1) is 11.4 Å². The number of anilines is 2. The van der Waals surface area contributed by atoms with E-state index in [4.69, 9.17) is 0 Å². The van der Waals surface area contributed by atoms with Gasteiger partial charge in [-0.3, -0.25) is 0 Å². The third-order valence-corrected chi connectivity index (χ3v) is 4.39. The van der Waals surface area contributed by atoms with Gasteiger partial charge in [0.2, 0.25) is 0 Å². The van der Waals surface area contributed by atoms with E-state index in [1.807, 2.05) is 24.1 Å². The van der Waals surface area contributed by atoms with Crippen LogP contribution in [-0.2, 0) is 6.54 Å². The molecule has 0 aliphatic heterocycles. The van der Waals surface area contributed by atoms with Gasteiger partial charge in [-0.25, -0.2) is 4.39 Å². The van der Waals surface area contributed by atoms with Gasteiger partial charge < -0.3 is 10.2 Å². The van der Waals surface area contributed by atoms with Crippen LogP contribution in [0.2, 0.25) is 0 Å². The van der Waals surface area contributed by atoms with E-state index >= 15 is 0 Å². The molecule has 2 aromatic rings. The minimum absolute atomic E-state index is 0.216. The van der Waals surface area contributed by atoms with Crippen LogP contribution in [0.25, 0.3) is 0 Å². The minimum Gasteiger partial charge on any atom is -0.341 e. The first kappa shape index (κ1) is 14.5. The number of hydrogen-bond acceptors (Lipinski definition) is 2. The minimum atomic E-state index is -0.216. The third kappa shape index (κ3) is 3.44. The van der Waals surface area contributed by atoms with E-state index in [0.717, 1.165) is 16.7 Å². The van der Waals surface area contributed by atoms with Crippen molar-refractivity contribution < 1.29 is 4.39 Å². The van der Waals surface area contributed by atoms with E-state index in [0.29, 0.717) is 11.7 Å². The van der Waals surface area contributed by atoms with E-state index < -0.39 is 0 Å². The van der Waals surface area contributed by atoms with E-state index in [1.54, 1.807) is 12.1 Å². The highest BCUT2D eigenvalue weighted by Gasteiger charge is 2.20. The SMILES string of the molecule is CN(c1ccccc1F)c1ccc(CNC2CC2)cc1Br. The fourth-order valence-electron chi connectivity index (χ4n) is 2.34. The number of nitrogens with one attached hydrogen (secondary N) is 1. The predicted octanol–water partition coefficient (Wildman–Crippen LogP) is 4.61. The molecule has 0 heterocycles. The topological polar surface area (TPSA) is 15.3 Å². The summed E-state index contributed by atoms with van der Waals surface area (Å²) in [4.78, 5) is 1.86. The van der Waals surface area contributed by atoms with Crippen LogP contribution in [0.15, 0.2) is 46.9 Å². The summed E-state index contributed by atoms with van der Waals surface area (Å²) in [6.07, 6.45) is 2.57. The number of nitrogens with zero attached hydrogens (tertiary/aromatic N) is 1. The van der Waals surface area contributed by atoms with Crippen molar-refractivity contribution in [3.8, 4) is 0 Å². The van der Waals surface area contributed by atoms with Gasteiger partial charge in [0.1, 0.15) is 5.82 Å². The molecular weight excluding hydrogens is 331 g/mol. The van der Waals surface area contributed by atoms with Crippen molar-refractivity contribution in [3.63, 3.8) is 0 Å². The quantitative estimate of drug-likeness (QED) is 0.848. The molecule has 4 heteroatoms. The first-order valence-corrected chi connectivity index (χ1v) is 7.94. The smallest absolute Gasteiger partial charge is 0.146 e. The second-order valence-electron chi connectivity index (χ2n) is 5.45. The number of rotatable bonds is 5. The zero-order valence-electron chi connectivity index (χ0n) is 11.9. The Morgan fingerprint density at radius 1 is 1.19 bits per heavy atom. The Morgan fingerprint density at radius 3 is 2.62 bits per heavy atom. The van der Waals surface area contributed by atoms with Crippen LogP contribution in [0, 0.1) is 5.82 Å². The van der Waals surface area contributed by atoms with Gasteiger partial charge >= 0.3 is 0 Å². The Balaban J connectivity index is 1.79. The maximum atomic E-state index is 13.9. The molecule has 2 aromatic carbocycles. The van der Waals surface area contributed by atoms with Crippen LogP contribution in [0.3, 0.4) is 0 Å². The zero-order valence-corrected chi connectivity index (χ0v) is 13.5. The second kappa shape index (κ2) is 6.16. The molecule has 110 valence electrons. The molecule has 2 nitrogen and oxygen atoms in total. The Hall–Kier alpha value is -1.39. The third-order valence-electron chi connectivity index (χ3n) is 3.76. The largest absolute Gasteiger partial charge is 0.341 e. The molecule has 0 spiro atoms. The van der Waals surface area contributed by atoms with E-state index in [1.165, 1.54) is 24.5 Å². The molecule has 0 unspecified atom stereocenters. The molecular formula is C17H18BrFN2. The standard InChI is InChI=1S/C17H18BrFN2/c1-21(17-5-3-2-4-15(17)19)16-9-6-12(10-14(16)18)11-20-13-7-8-13/h2-6,9-10,13,20H,7-8,11H2,1H3. The van der Waals surface area contributed by atoms with Gasteiger partial charge in [-0.1, -0.05) is 18.2 Å². The molecule has 1 fully saturated rings. The number of benzene rings is 2. The molecule has 0 atom stereocenters. The summed E-state index contributed by atoms with van der Waals surface area (Å²) >= 11 is 3.60. The molecule has 1 aliphatic rings. The lowest BCUT2D eigenvalue weighted by atomic mass is 10.2. The number of para-hydroxylation sites is 1. The average molecular weight is 349 g/mol. The molecule has 0 radical (unpaired) electrons. The fourth-order valence-corrected chi connectivity index (χ4v) is 3.03. The van der Waals surface area contributed by atoms with Gasteiger partial charge in [-0.15, -0.1) is 0 Å². The Bertz CT molecular complexity index is 640. The lowest BCUT2D eigenvalue weighted by Gasteiger charge is -2.22. The van der Waals surface area contributed by atoms with Gasteiger partial charge in [0.25, 0.3) is 0 Å². The van der Waals surface area contributed by atoms with Crippen molar-refractivity contribution in [2.24, 2.45) is 0 Å². The number of hydrogen-bond donors (Lipinski definition) is 1. The molecule has 21 heavy (non-hydrogen) atoms. The summed E-state index contributed by atoms with van der Waals surface area (Å²) in [5.41, 5.74) is 2.76. The van der Waals surface area contributed by atoms with Crippen LogP contribution in [0.1, 0.15) is 18.4 Å². The van der Waals surface area contributed by atoms with E-state index in [-0.39, 0.29) is 5.82 Å². The van der Waals surface area contributed by atoms with E-state index in [2.05, 4.69) is 33.4 Å². The summed E-state index contributed by atoms with van der Waals surface area (Å²) in [6, 6.07) is 13.7. The Labute approximate surface area is 133 Å². The van der Waals surface area contributed by atoms with Crippen molar-refractivity contribution >= 4 is 27.3 Å². The molecule has 0 aromatic heterocycles. The van der Waals surface area contributed by atoms with Crippen LogP contribution >= 0.6 is 15.9 Å². The van der Waals surface area contributed by atoms with Crippen molar-refractivity contribution in [1.29, 1.82) is 0 Å². The van der Waals surface area contributed by atoms with Crippen LogP contribution < -0.4 is 10.2 Å². The maximum absolute atomic E-state index is 13.9. The highest BCUT2D eigenvalue weighted by molar-refractivity contribution is 9.10. The van der Waals surface area contributed by atoms with Gasteiger partial charge in [0.15, 0.2) is 0 Å². The molecule has 1 aliphatic carbocycles. The maximum Gasteiger partial charge on any atom is 0.146 e. The summed E-state index contributed by atoms with van der Waals surface area (Å²) < 4.78 is 14.9. The lowest BCUT2D eigenvalue weighted by molar-refractivity contribution is 0.627. The van der Waals surface area contributed by atoms with Crippen molar-refractivity contribution in [3.05, 3.63) is 58.3 Å². The summed E-state index contributed by atoms with van der Waals surface area (Å²) in [7, 11) is 1.88. The highest BCUT2D eigenvalue weighted by Crippen LogP contribution is 2.33. The van der Waals surface area contributed by atoms with Crippen LogP contribution in [0.5, 0.6) is 0 Å². The van der Waals surface area contributed by atoms with E-state index in [9.17, 15) is 4.39 Å². The van der Waals surface area contributed by atoms with Gasteiger partial charge in [0, 0.05) is 24.1 Å². The Morgan fingerprint density at radius 2 is 1.95 bits per heavy atom. The lowest BCUT2D eigenvalue weighted by Crippen LogP contribution is -2.16. The van der Waals surface area contributed by atoms with Crippen molar-refractivity contribution in [2.75, 3.05) is 11.9 Å². The summed E-state index contributed by atoms with van der Waals surface area (Å²) in [5, 5.41) is 3.50. The molecule has 0 bridgehead atoms. The van der Waals surface area contributed by atoms with Crippen LogP contribution in [0.4, 0.5) is 15.8 Å². The molecule has 1 saturated carbocycles. The normalized spacial score (nSPS) is 14.2. The average Bonchev–Trinajstić information content (AvgIpc) is 3.29. The molecule has 3 rings (SSSR count). The van der Waals surface area contributed by atoms with Crippen molar-refractivity contribution in [2.45, 2.75) is 25.4 Å². The second-order valence-corrected chi connectivity index (χ2v) is 6.31. The van der Waals surface area contributed by atoms with Gasteiger partial charge in [-0.2, -0.15) is 0 Å². The van der Waals surface area contributed by atoms with Crippen LogP contribution in [-0.4, -0.2) is 13.1 Å². The van der Waals surface area contributed by atoms with Gasteiger partial charge in [-0.05, 0) is 58.6 Å². The monoisotopic (exact) mass is 348 g/mol. The number of halogens is 2. The zero-order chi connectivity index (χ0) is 14.8. The first-order valence-electron chi connectivity index (χ1n) is 7.15. The summed E-state index contributed by atoms with van der Waals surface area (Å²) in [5.74, 6) is -0.216. The first-order chi connectivity index (χ1) is 10.1. The molecule has 1 N–H and O–H groups in total.